The number of unbranched alkanes of at least 4 members (excludes halogenated alkanes) is 1. The number of rotatable bonds is 8. The topological polar surface area (TPSA) is 72.2 Å². The van der Waals surface area contributed by atoms with E-state index in [2.05, 4.69) is 12.2 Å². The fourth-order valence-corrected chi connectivity index (χ4v) is 2.62. The van der Waals surface area contributed by atoms with Crippen LogP contribution in [-0.2, 0) is 9.59 Å². The van der Waals surface area contributed by atoms with Crippen molar-refractivity contribution < 1.29 is 9.59 Å². The Balaban J connectivity index is 2.34. The number of hydrogen-bond acceptors (Lipinski definition) is 2. The molecule has 3 N–H and O–H groups in total. The van der Waals surface area contributed by atoms with Crippen LogP contribution in [0.5, 0.6) is 0 Å². The Morgan fingerprint density at radius 1 is 1.33 bits per heavy atom. The van der Waals surface area contributed by atoms with Gasteiger partial charge in [0.05, 0.1) is 0 Å². The first-order chi connectivity index (χ1) is 8.63. The van der Waals surface area contributed by atoms with Crippen molar-refractivity contribution >= 4 is 11.8 Å². The zero-order valence-corrected chi connectivity index (χ0v) is 11.4. The molecule has 4 heteroatoms. The van der Waals surface area contributed by atoms with Gasteiger partial charge in [-0.25, -0.2) is 0 Å². The molecule has 2 amide bonds. The summed E-state index contributed by atoms with van der Waals surface area (Å²) < 4.78 is 0. The van der Waals surface area contributed by atoms with E-state index in [4.69, 9.17) is 5.73 Å². The van der Waals surface area contributed by atoms with Crippen molar-refractivity contribution in [2.75, 3.05) is 6.54 Å². The summed E-state index contributed by atoms with van der Waals surface area (Å²) in [5.41, 5.74) is 5.20. The quantitative estimate of drug-likeness (QED) is 0.695. The second-order valence-electron chi connectivity index (χ2n) is 5.41. The van der Waals surface area contributed by atoms with Crippen LogP contribution in [-0.4, -0.2) is 18.4 Å². The molecule has 0 bridgehead atoms. The summed E-state index contributed by atoms with van der Waals surface area (Å²) in [4.78, 5) is 23.0. The largest absolute Gasteiger partial charge is 0.370 e. The van der Waals surface area contributed by atoms with Crippen LogP contribution in [0.15, 0.2) is 0 Å². The van der Waals surface area contributed by atoms with Crippen molar-refractivity contribution in [1.29, 1.82) is 0 Å². The van der Waals surface area contributed by atoms with Crippen LogP contribution in [0.2, 0.25) is 0 Å². The number of nitrogens with two attached hydrogens (primary N) is 1. The Morgan fingerprint density at radius 3 is 2.56 bits per heavy atom. The van der Waals surface area contributed by atoms with E-state index in [9.17, 15) is 9.59 Å². The molecule has 0 heterocycles. The van der Waals surface area contributed by atoms with Crippen LogP contribution in [0, 0.1) is 11.8 Å². The lowest BCUT2D eigenvalue weighted by molar-refractivity contribution is -0.129. The maximum absolute atomic E-state index is 12.0. The van der Waals surface area contributed by atoms with Gasteiger partial charge in [-0.15, -0.1) is 0 Å². The van der Waals surface area contributed by atoms with Crippen molar-refractivity contribution in [3.63, 3.8) is 0 Å². The molecular formula is C14H26N2O2. The van der Waals surface area contributed by atoms with E-state index < -0.39 is 0 Å². The summed E-state index contributed by atoms with van der Waals surface area (Å²) in [5.74, 6) is 0.0273. The predicted molar refractivity (Wildman–Crippen MR) is 71.8 cm³/mol. The fraction of sp³-hybridized carbons (Fsp3) is 0.857. The van der Waals surface area contributed by atoms with Crippen LogP contribution in [0.1, 0.15) is 58.3 Å². The zero-order chi connectivity index (χ0) is 13.4. The molecule has 0 aromatic rings. The Labute approximate surface area is 110 Å². The van der Waals surface area contributed by atoms with E-state index in [0.717, 1.165) is 25.8 Å². The third-order valence-corrected chi connectivity index (χ3v) is 3.76. The first-order valence-corrected chi connectivity index (χ1v) is 7.19. The van der Waals surface area contributed by atoms with Gasteiger partial charge in [-0.3, -0.25) is 9.59 Å². The van der Waals surface area contributed by atoms with E-state index in [0.29, 0.717) is 5.92 Å². The van der Waals surface area contributed by atoms with Gasteiger partial charge < -0.3 is 11.1 Å². The molecule has 1 aliphatic carbocycles. The van der Waals surface area contributed by atoms with E-state index in [1.807, 2.05) is 0 Å². The van der Waals surface area contributed by atoms with Gasteiger partial charge in [0.1, 0.15) is 0 Å². The highest BCUT2D eigenvalue weighted by Gasteiger charge is 2.22. The maximum atomic E-state index is 12.0. The van der Waals surface area contributed by atoms with Crippen LogP contribution in [0.3, 0.4) is 0 Å². The highest BCUT2D eigenvalue weighted by molar-refractivity contribution is 5.84. The van der Waals surface area contributed by atoms with Gasteiger partial charge in [0.15, 0.2) is 0 Å². The molecule has 1 saturated carbocycles. The van der Waals surface area contributed by atoms with Gasteiger partial charge >= 0.3 is 0 Å². The minimum absolute atomic E-state index is 0.00847. The highest BCUT2D eigenvalue weighted by Crippen LogP contribution is 2.24. The lowest BCUT2D eigenvalue weighted by atomic mass is 9.97. The molecule has 1 atom stereocenters. The average Bonchev–Trinajstić information content (AvgIpc) is 2.84. The molecule has 0 spiro atoms. The molecule has 1 fully saturated rings. The van der Waals surface area contributed by atoms with Crippen molar-refractivity contribution in [3.8, 4) is 0 Å². The monoisotopic (exact) mass is 254 g/mol. The highest BCUT2D eigenvalue weighted by atomic mass is 16.2. The Kier molecular flexibility index (Phi) is 6.76. The molecule has 1 aliphatic rings. The van der Waals surface area contributed by atoms with E-state index in [-0.39, 0.29) is 24.2 Å². The summed E-state index contributed by atoms with van der Waals surface area (Å²) in [6.07, 6.45) is 7.93. The van der Waals surface area contributed by atoms with Gasteiger partial charge in [0, 0.05) is 18.9 Å². The molecule has 0 radical (unpaired) electrons. The Bertz CT molecular complexity index is 273. The van der Waals surface area contributed by atoms with Gasteiger partial charge in [0.2, 0.25) is 11.8 Å². The standard InChI is InChI=1S/C14H26N2O2/c1-2-3-8-12(9-13(15)17)14(18)16-10-11-6-4-5-7-11/h11-12H,2-10H2,1H3,(H2,15,17)(H,16,18). The molecule has 0 saturated heterocycles. The number of primary amides is 1. The SMILES string of the molecule is CCCCC(CC(N)=O)C(=O)NCC1CCCC1. The van der Waals surface area contributed by atoms with Crippen molar-refractivity contribution in [2.45, 2.75) is 58.3 Å². The molecule has 1 unspecified atom stereocenters. The van der Waals surface area contributed by atoms with Gasteiger partial charge in [-0.05, 0) is 25.2 Å². The molecular weight excluding hydrogens is 228 g/mol. The average molecular weight is 254 g/mol. The molecule has 4 nitrogen and oxygen atoms in total. The Hall–Kier alpha value is -1.06. The minimum atomic E-state index is -0.382. The molecule has 18 heavy (non-hydrogen) atoms. The second-order valence-corrected chi connectivity index (χ2v) is 5.41. The van der Waals surface area contributed by atoms with Crippen molar-refractivity contribution in [1.82, 2.24) is 5.32 Å². The molecule has 0 aromatic carbocycles. The zero-order valence-electron chi connectivity index (χ0n) is 11.4. The fourth-order valence-electron chi connectivity index (χ4n) is 2.62. The summed E-state index contributed by atoms with van der Waals surface area (Å²) in [6, 6.07) is 0. The van der Waals surface area contributed by atoms with Gasteiger partial charge in [-0.1, -0.05) is 32.6 Å². The number of hydrogen-bond donors (Lipinski definition) is 2. The van der Waals surface area contributed by atoms with Crippen molar-refractivity contribution in [3.05, 3.63) is 0 Å². The van der Waals surface area contributed by atoms with Gasteiger partial charge in [-0.2, -0.15) is 0 Å². The minimum Gasteiger partial charge on any atom is -0.370 e. The third-order valence-electron chi connectivity index (χ3n) is 3.76. The van der Waals surface area contributed by atoms with Crippen LogP contribution in [0.4, 0.5) is 0 Å². The smallest absolute Gasteiger partial charge is 0.223 e. The van der Waals surface area contributed by atoms with Crippen molar-refractivity contribution in [2.24, 2.45) is 17.6 Å². The van der Waals surface area contributed by atoms with Crippen LogP contribution >= 0.6 is 0 Å². The normalized spacial score (nSPS) is 17.6. The van der Waals surface area contributed by atoms with E-state index in [1.54, 1.807) is 0 Å². The number of nitrogens with one attached hydrogen (secondary N) is 1. The van der Waals surface area contributed by atoms with Crippen LogP contribution in [0.25, 0.3) is 0 Å². The third kappa shape index (κ3) is 5.52. The molecule has 104 valence electrons. The number of carbonyl (C=O) groups is 2. The summed E-state index contributed by atoms with van der Waals surface area (Å²) in [7, 11) is 0. The Morgan fingerprint density at radius 2 is 2.00 bits per heavy atom. The lowest BCUT2D eigenvalue weighted by Crippen LogP contribution is -2.35. The molecule has 1 rings (SSSR count). The number of carbonyl (C=O) groups excluding carboxylic acids is 2. The van der Waals surface area contributed by atoms with Gasteiger partial charge in [0.25, 0.3) is 0 Å². The number of amides is 2. The molecule has 0 aromatic heterocycles. The lowest BCUT2D eigenvalue weighted by Gasteiger charge is -2.17. The summed E-state index contributed by atoms with van der Waals surface area (Å²) >= 11 is 0. The first-order valence-electron chi connectivity index (χ1n) is 7.19. The maximum Gasteiger partial charge on any atom is 0.223 e. The second kappa shape index (κ2) is 8.11. The van der Waals surface area contributed by atoms with E-state index >= 15 is 0 Å². The van der Waals surface area contributed by atoms with E-state index in [1.165, 1.54) is 25.7 Å². The first kappa shape index (κ1) is 15.0. The summed E-state index contributed by atoms with van der Waals surface area (Å²) in [5, 5.41) is 2.99. The predicted octanol–water partition coefficient (Wildman–Crippen LogP) is 1.97. The molecule has 0 aliphatic heterocycles. The van der Waals surface area contributed by atoms with Crippen LogP contribution < -0.4 is 11.1 Å². The summed E-state index contributed by atoms with van der Waals surface area (Å²) in [6.45, 7) is 2.85.